The number of likely N-dealkylation sites (tertiary alicyclic amines) is 1. The number of hydrogen-bond acceptors (Lipinski definition) is 15. The molecule has 2 fully saturated rings. The second-order valence-corrected chi connectivity index (χ2v) is 11.0. The molecule has 0 saturated carbocycles. The van der Waals surface area contributed by atoms with E-state index in [0.717, 1.165) is 4.90 Å². The molecule has 17 nitrogen and oxygen atoms in total. The minimum Gasteiger partial charge on any atom is -0.459 e. The number of carbonyl (C=O) groups excluding carboxylic acids is 4. The molecular weight excluding hydrogens is 658 g/mol. The minimum absolute atomic E-state index is 0.0139. The van der Waals surface area contributed by atoms with Gasteiger partial charge >= 0.3 is 17.8 Å². The third-order valence-corrected chi connectivity index (χ3v) is 7.94. The molecule has 3 atom stereocenters. The fourth-order valence-electron chi connectivity index (χ4n) is 4.28. The number of β-lactam (4-membered cyclic amide) rings is 1. The van der Waals surface area contributed by atoms with Crippen molar-refractivity contribution < 1.29 is 56.9 Å². The first-order valence-electron chi connectivity index (χ1n) is 13.5. The molecule has 3 unspecified atom stereocenters. The van der Waals surface area contributed by atoms with E-state index in [4.69, 9.17) is 30.0 Å². The summed E-state index contributed by atoms with van der Waals surface area (Å²) in [7, 11) is 0. The number of fused-ring (bicyclic) bond motifs is 5. The van der Waals surface area contributed by atoms with Crippen molar-refractivity contribution in [2.24, 2.45) is 5.92 Å². The SMILES string of the molecule is CCC1C(=O)N(C(C(=O)OCc2ccc([N+](=O)[O-])cc2)C(=O)SOC2COCOC2)C1Cl.O=C1OCc2ccc(c([N+](=O)[O-])c2)O1. The number of carbonyl (C=O) groups is 4. The number of esters is 1. The van der Waals surface area contributed by atoms with Gasteiger partial charge in [-0.2, -0.15) is 0 Å². The number of nitrogens with zero attached hydrogens (tertiary/aromatic N) is 3. The molecule has 0 aromatic heterocycles. The molecule has 0 N–H and O–H groups in total. The van der Waals surface area contributed by atoms with E-state index in [2.05, 4.69) is 9.47 Å². The highest BCUT2D eigenvalue weighted by atomic mass is 35.5. The van der Waals surface area contributed by atoms with Crippen LogP contribution < -0.4 is 4.74 Å². The number of halogens is 1. The molecule has 2 bridgehead atoms. The second-order valence-electron chi connectivity index (χ2n) is 9.75. The molecule has 4 heterocycles. The van der Waals surface area contributed by atoms with Crippen LogP contribution in [0.1, 0.15) is 24.5 Å². The van der Waals surface area contributed by atoms with Gasteiger partial charge in [-0.25, -0.2) is 9.59 Å². The van der Waals surface area contributed by atoms with Crippen molar-refractivity contribution in [3.8, 4) is 5.75 Å². The zero-order valence-corrected chi connectivity index (χ0v) is 25.5. The summed E-state index contributed by atoms with van der Waals surface area (Å²) in [4.78, 5) is 70.0. The van der Waals surface area contributed by atoms with Crippen LogP contribution in [-0.4, -0.2) is 75.5 Å². The maximum absolute atomic E-state index is 12.8. The summed E-state index contributed by atoms with van der Waals surface area (Å²) in [5, 5.41) is 20.5. The van der Waals surface area contributed by atoms with Crippen LogP contribution in [0.25, 0.3) is 0 Å². The molecule has 4 aliphatic heterocycles. The Morgan fingerprint density at radius 1 is 1.09 bits per heavy atom. The number of alkyl halides is 1. The van der Waals surface area contributed by atoms with Gasteiger partial charge in [0.25, 0.3) is 5.69 Å². The van der Waals surface area contributed by atoms with Crippen molar-refractivity contribution in [1.82, 2.24) is 4.90 Å². The average molecular weight is 684 g/mol. The number of nitro benzene ring substituents is 2. The predicted octanol–water partition coefficient (Wildman–Crippen LogP) is 3.63. The van der Waals surface area contributed by atoms with Gasteiger partial charge in [-0.1, -0.05) is 24.6 Å². The Labute approximate surface area is 269 Å². The van der Waals surface area contributed by atoms with Gasteiger partial charge in [0.15, 0.2) is 0 Å². The second kappa shape index (κ2) is 15.8. The Kier molecular flexibility index (Phi) is 11.8. The van der Waals surface area contributed by atoms with Crippen LogP contribution in [0.15, 0.2) is 42.5 Å². The van der Waals surface area contributed by atoms with Gasteiger partial charge in [-0.3, -0.25) is 34.0 Å². The first-order valence-corrected chi connectivity index (χ1v) is 14.7. The van der Waals surface area contributed by atoms with E-state index < -0.39 is 56.6 Å². The normalized spacial score (nSPS) is 19.7. The first kappa shape index (κ1) is 34.5. The van der Waals surface area contributed by atoms with E-state index in [1.807, 2.05) is 0 Å². The van der Waals surface area contributed by atoms with Crippen LogP contribution in [0, 0.1) is 26.1 Å². The molecule has 6 rings (SSSR count). The van der Waals surface area contributed by atoms with Crippen molar-refractivity contribution in [1.29, 1.82) is 0 Å². The lowest BCUT2D eigenvalue weighted by Gasteiger charge is -2.45. The molecule has 246 valence electrons. The molecule has 0 spiro atoms. The Balaban J connectivity index is 0.000000284. The maximum atomic E-state index is 12.8. The van der Waals surface area contributed by atoms with Crippen molar-refractivity contribution in [3.05, 3.63) is 73.8 Å². The third kappa shape index (κ3) is 8.46. The van der Waals surface area contributed by atoms with E-state index in [0.29, 0.717) is 29.6 Å². The van der Waals surface area contributed by atoms with Gasteiger partial charge < -0.3 is 28.6 Å². The Morgan fingerprint density at radius 3 is 2.39 bits per heavy atom. The Morgan fingerprint density at radius 2 is 1.78 bits per heavy atom. The Bertz CT molecular complexity index is 1490. The van der Waals surface area contributed by atoms with E-state index in [1.54, 1.807) is 13.0 Å². The van der Waals surface area contributed by atoms with Crippen LogP contribution in [0.3, 0.4) is 0 Å². The van der Waals surface area contributed by atoms with Crippen molar-refractivity contribution in [3.63, 3.8) is 0 Å². The lowest BCUT2D eigenvalue weighted by Crippen LogP contribution is -2.65. The van der Waals surface area contributed by atoms with E-state index in [9.17, 15) is 39.4 Å². The summed E-state index contributed by atoms with van der Waals surface area (Å²) in [6.07, 6.45) is -0.978. The fourth-order valence-corrected chi connectivity index (χ4v) is 5.42. The highest BCUT2D eigenvalue weighted by molar-refractivity contribution is 8.09. The number of nitro groups is 2. The maximum Gasteiger partial charge on any atom is 0.514 e. The molecular formula is C27H26ClN3O14S. The molecule has 0 aliphatic carbocycles. The van der Waals surface area contributed by atoms with Crippen molar-refractivity contribution in [2.45, 2.75) is 44.2 Å². The predicted molar refractivity (Wildman–Crippen MR) is 155 cm³/mol. The topological polar surface area (TPSA) is 213 Å². The van der Waals surface area contributed by atoms with Crippen LogP contribution in [0.5, 0.6) is 5.75 Å². The summed E-state index contributed by atoms with van der Waals surface area (Å²) in [5.74, 6) is -2.00. The highest BCUT2D eigenvalue weighted by Gasteiger charge is 2.53. The largest absolute Gasteiger partial charge is 0.514 e. The monoisotopic (exact) mass is 683 g/mol. The zero-order valence-electron chi connectivity index (χ0n) is 23.9. The lowest BCUT2D eigenvalue weighted by molar-refractivity contribution is -0.385. The summed E-state index contributed by atoms with van der Waals surface area (Å²) in [6.45, 7) is 2.08. The molecule has 2 saturated heterocycles. The van der Waals surface area contributed by atoms with Gasteiger partial charge in [0.2, 0.25) is 22.8 Å². The van der Waals surface area contributed by atoms with E-state index >= 15 is 0 Å². The summed E-state index contributed by atoms with van der Waals surface area (Å²) < 4.78 is 30.0. The summed E-state index contributed by atoms with van der Waals surface area (Å²) >= 11 is 6.67. The van der Waals surface area contributed by atoms with Gasteiger partial charge in [-0.05, 0) is 35.7 Å². The first-order chi connectivity index (χ1) is 22.0. The molecule has 0 radical (unpaired) electrons. The average Bonchev–Trinajstić information content (AvgIpc) is 3.04. The highest BCUT2D eigenvalue weighted by Crippen LogP contribution is 2.36. The summed E-state index contributed by atoms with van der Waals surface area (Å²) in [6, 6.07) is 8.10. The van der Waals surface area contributed by atoms with Gasteiger partial charge in [0, 0.05) is 18.2 Å². The number of amides is 1. The van der Waals surface area contributed by atoms with Crippen LogP contribution in [0.4, 0.5) is 16.2 Å². The smallest absolute Gasteiger partial charge is 0.459 e. The minimum atomic E-state index is -1.60. The number of non-ortho nitro benzene ring substituents is 1. The van der Waals surface area contributed by atoms with Crippen molar-refractivity contribution in [2.75, 3.05) is 20.0 Å². The van der Waals surface area contributed by atoms with Gasteiger partial charge in [-0.15, -0.1) is 0 Å². The van der Waals surface area contributed by atoms with E-state index in [1.165, 1.54) is 36.4 Å². The number of rotatable bonds is 10. The van der Waals surface area contributed by atoms with Gasteiger partial charge in [0.1, 0.15) is 31.6 Å². The lowest BCUT2D eigenvalue weighted by atomic mass is 9.93. The fraction of sp³-hybridized carbons (Fsp3) is 0.407. The number of hydrogen-bond donors (Lipinski definition) is 0. The molecule has 4 aliphatic rings. The quantitative estimate of drug-likeness (QED) is 0.0402. The Hall–Kier alpha value is -4.36. The van der Waals surface area contributed by atoms with Crippen LogP contribution in [-0.2, 0) is 50.7 Å². The third-order valence-electron chi connectivity index (χ3n) is 6.67. The van der Waals surface area contributed by atoms with E-state index in [-0.39, 0.29) is 50.3 Å². The molecule has 2 aromatic carbocycles. The number of ether oxygens (including phenoxy) is 5. The zero-order chi connectivity index (χ0) is 33.4. The molecule has 19 heteroatoms. The summed E-state index contributed by atoms with van der Waals surface area (Å²) in [5.41, 5.74) is -0.134. The molecule has 2 aromatic rings. The standard InChI is InChI=1S/C19H21ClN2O9S.C8H5NO5/c1-2-14-16(20)21(17(14)23)15(19(25)32-31-13-8-28-10-29-9-13)18(24)30-7-11-3-5-12(6-4-11)22(26)27;10-8-13-4-5-1-2-7(14-8)6(3-5)9(11)12/h3-6,13-16H,2,7-10H2,1H3;1-3H,4H2. The van der Waals surface area contributed by atoms with Crippen LogP contribution >= 0.6 is 23.6 Å². The number of benzene rings is 2. The van der Waals surface area contributed by atoms with Crippen LogP contribution in [0.2, 0.25) is 0 Å². The molecule has 1 amide bonds. The molecule has 46 heavy (non-hydrogen) atoms. The van der Waals surface area contributed by atoms with Gasteiger partial charge in [0.05, 0.1) is 41.0 Å². The van der Waals surface area contributed by atoms with Crippen molar-refractivity contribution >= 4 is 58.2 Å².